The molecule has 0 atom stereocenters. The van der Waals surface area contributed by atoms with Crippen molar-refractivity contribution < 1.29 is 14.7 Å². The van der Waals surface area contributed by atoms with E-state index in [2.05, 4.69) is 21.7 Å². The molecule has 0 radical (unpaired) electrons. The summed E-state index contributed by atoms with van der Waals surface area (Å²) in [5.74, 6) is -1.57. The number of carboxylic acid groups (broad SMARTS) is 1. The van der Waals surface area contributed by atoms with Crippen LogP contribution in [-0.4, -0.2) is 69.3 Å². The molecular weight excluding hydrogens is 276 g/mol. The number of nitrogens with one attached hydrogen (secondary N) is 3. The molecule has 0 spiro atoms. The van der Waals surface area contributed by atoms with E-state index in [0.717, 1.165) is 39.3 Å². The fraction of sp³-hybridized carbons (Fsp3) is 0.833. The Balaban J connectivity index is 0. The third-order valence-electron chi connectivity index (χ3n) is 2.18. The van der Waals surface area contributed by atoms with Crippen molar-refractivity contribution >= 4 is 11.9 Å². The Labute approximate surface area is 126 Å². The van der Waals surface area contributed by atoms with Crippen molar-refractivity contribution in [3.05, 3.63) is 0 Å². The minimum atomic E-state index is -0.996. The Bertz CT molecular complexity index is 229. The summed E-state index contributed by atoms with van der Waals surface area (Å²) in [6, 6.07) is 0. The Hall–Kier alpha value is -1.26. The lowest BCUT2D eigenvalue weighted by Crippen LogP contribution is -2.35. The smallest absolute Gasteiger partial charge is 0.303 e. The summed E-state index contributed by atoms with van der Waals surface area (Å²) in [7, 11) is 0. The van der Waals surface area contributed by atoms with E-state index >= 15 is 0 Å². The van der Waals surface area contributed by atoms with Crippen molar-refractivity contribution in [1.29, 1.82) is 0 Å². The quantitative estimate of drug-likeness (QED) is 0.177. The molecule has 126 valence electrons. The summed E-state index contributed by atoms with van der Waals surface area (Å²) in [5, 5.41) is 17.7. The summed E-state index contributed by atoms with van der Waals surface area (Å²) in [5.41, 5.74) is 15.3. The van der Waals surface area contributed by atoms with E-state index in [0.29, 0.717) is 13.1 Å². The van der Waals surface area contributed by atoms with E-state index in [4.69, 9.17) is 16.6 Å². The average molecular weight is 306 g/mol. The molecule has 9 heteroatoms. The molecule has 21 heavy (non-hydrogen) atoms. The first-order chi connectivity index (χ1) is 10.0. The highest BCUT2D eigenvalue weighted by Crippen LogP contribution is 1.84. The molecule has 0 bridgehead atoms. The third kappa shape index (κ3) is 27.8. The highest BCUT2D eigenvalue weighted by Gasteiger charge is 1.98. The number of hydrogen-bond donors (Lipinski definition) is 7. The second kappa shape index (κ2) is 18.7. The van der Waals surface area contributed by atoms with E-state index in [-0.39, 0.29) is 12.8 Å². The number of aliphatic carboxylic acids is 1. The number of rotatable bonds is 13. The molecule has 0 rings (SSSR count). The van der Waals surface area contributed by atoms with Gasteiger partial charge in [-0.05, 0) is 0 Å². The average Bonchev–Trinajstić information content (AvgIpc) is 2.44. The second-order valence-corrected chi connectivity index (χ2v) is 4.19. The first kappa shape index (κ1) is 22.0. The van der Waals surface area contributed by atoms with Crippen molar-refractivity contribution in [3.63, 3.8) is 0 Å². The number of nitrogens with two attached hydrogens (primary N) is 3. The summed E-state index contributed by atoms with van der Waals surface area (Å²) in [6.07, 6.45) is -0.245. The van der Waals surface area contributed by atoms with Crippen LogP contribution in [0.2, 0.25) is 0 Å². The van der Waals surface area contributed by atoms with Gasteiger partial charge in [-0.2, -0.15) is 0 Å². The monoisotopic (exact) mass is 306 g/mol. The molecular formula is C12H30N6O3. The van der Waals surface area contributed by atoms with E-state index in [1.807, 2.05) is 0 Å². The van der Waals surface area contributed by atoms with Crippen LogP contribution in [-0.2, 0) is 9.59 Å². The molecule has 9 nitrogen and oxygen atoms in total. The third-order valence-corrected chi connectivity index (χ3v) is 2.18. The number of amides is 1. The van der Waals surface area contributed by atoms with Gasteiger partial charge in [-0.15, -0.1) is 0 Å². The van der Waals surface area contributed by atoms with Gasteiger partial charge in [-0.3, -0.25) is 9.59 Å². The van der Waals surface area contributed by atoms with E-state index in [9.17, 15) is 9.59 Å². The Kier molecular flexibility index (Phi) is 19.7. The predicted octanol–water partition coefficient (Wildman–Crippen LogP) is -2.99. The molecule has 0 unspecified atom stereocenters. The van der Waals surface area contributed by atoms with Crippen LogP contribution < -0.4 is 33.2 Å². The van der Waals surface area contributed by atoms with Crippen molar-refractivity contribution in [2.45, 2.75) is 12.8 Å². The highest BCUT2D eigenvalue weighted by molar-refractivity contribution is 5.79. The molecule has 1 amide bonds. The molecule has 0 fully saturated rings. The van der Waals surface area contributed by atoms with Crippen molar-refractivity contribution in [2.75, 3.05) is 52.4 Å². The second-order valence-electron chi connectivity index (χ2n) is 4.19. The van der Waals surface area contributed by atoms with Gasteiger partial charge in [0.2, 0.25) is 5.91 Å². The minimum Gasteiger partial charge on any atom is -0.481 e. The molecule has 0 aromatic rings. The Morgan fingerprint density at radius 2 is 1.14 bits per heavy atom. The first-order valence-electron chi connectivity index (χ1n) is 7.07. The lowest BCUT2D eigenvalue weighted by atomic mass is 10.3. The largest absolute Gasteiger partial charge is 0.481 e. The summed E-state index contributed by atoms with van der Waals surface area (Å²) >= 11 is 0. The van der Waals surface area contributed by atoms with Gasteiger partial charge < -0.3 is 38.3 Å². The van der Waals surface area contributed by atoms with Gasteiger partial charge >= 0.3 is 5.97 Å². The van der Waals surface area contributed by atoms with Crippen molar-refractivity contribution in [3.8, 4) is 0 Å². The number of carboxylic acids is 1. The Morgan fingerprint density at radius 1 is 0.762 bits per heavy atom. The van der Waals surface area contributed by atoms with E-state index < -0.39 is 11.9 Å². The summed E-state index contributed by atoms with van der Waals surface area (Å²) in [4.78, 5) is 19.6. The molecule has 0 aromatic heterocycles. The lowest BCUT2D eigenvalue weighted by Gasteiger charge is -2.06. The Morgan fingerprint density at radius 3 is 1.38 bits per heavy atom. The SMILES string of the molecule is NC(=O)CCC(=O)O.NCCNCCNCCNCCN. The maximum atomic E-state index is 9.86. The summed E-state index contributed by atoms with van der Waals surface area (Å²) in [6.45, 7) is 7.15. The molecule has 0 aromatic carbocycles. The topological polar surface area (TPSA) is 169 Å². The normalized spacial score (nSPS) is 9.81. The van der Waals surface area contributed by atoms with Crippen LogP contribution in [0.4, 0.5) is 0 Å². The van der Waals surface area contributed by atoms with Gasteiger partial charge in [0.25, 0.3) is 0 Å². The van der Waals surface area contributed by atoms with Gasteiger partial charge in [0.05, 0.1) is 6.42 Å². The fourth-order valence-electron chi connectivity index (χ4n) is 1.16. The van der Waals surface area contributed by atoms with Crippen LogP contribution in [0, 0.1) is 0 Å². The van der Waals surface area contributed by atoms with E-state index in [1.54, 1.807) is 0 Å². The molecule has 0 aliphatic heterocycles. The first-order valence-corrected chi connectivity index (χ1v) is 7.07. The van der Waals surface area contributed by atoms with Crippen LogP contribution in [0.5, 0.6) is 0 Å². The zero-order valence-electron chi connectivity index (χ0n) is 12.6. The predicted molar refractivity (Wildman–Crippen MR) is 82.8 cm³/mol. The fourth-order valence-corrected chi connectivity index (χ4v) is 1.16. The molecule has 0 saturated carbocycles. The zero-order valence-corrected chi connectivity index (χ0v) is 12.6. The molecule has 0 saturated heterocycles. The maximum absolute atomic E-state index is 9.86. The molecule has 0 heterocycles. The minimum absolute atomic E-state index is 0.0741. The zero-order chi connectivity index (χ0) is 16.3. The van der Waals surface area contributed by atoms with Crippen LogP contribution in [0.3, 0.4) is 0 Å². The molecule has 0 aliphatic rings. The standard InChI is InChI=1S/C8H23N5.C4H7NO3/c9-1-3-11-5-7-13-8-6-12-4-2-10;5-3(6)1-2-4(7)8/h11-13H,1-10H2;1-2H2,(H2,5,6)(H,7,8). The van der Waals surface area contributed by atoms with Crippen LogP contribution in [0.15, 0.2) is 0 Å². The van der Waals surface area contributed by atoms with Crippen LogP contribution in [0.25, 0.3) is 0 Å². The molecule has 0 aliphatic carbocycles. The van der Waals surface area contributed by atoms with Crippen LogP contribution in [0.1, 0.15) is 12.8 Å². The van der Waals surface area contributed by atoms with Gasteiger partial charge in [0.15, 0.2) is 0 Å². The van der Waals surface area contributed by atoms with E-state index in [1.165, 1.54) is 0 Å². The summed E-state index contributed by atoms with van der Waals surface area (Å²) < 4.78 is 0. The van der Waals surface area contributed by atoms with Crippen LogP contribution >= 0.6 is 0 Å². The number of hydrogen-bond acceptors (Lipinski definition) is 7. The lowest BCUT2D eigenvalue weighted by molar-refractivity contribution is -0.138. The number of carbonyl (C=O) groups excluding carboxylic acids is 1. The number of carbonyl (C=O) groups is 2. The highest BCUT2D eigenvalue weighted by atomic mass is 16.4. The maximum Gasteiger partial charge on any atom is 0.303 e. The van der Waals surface area contributed by atoms with Gasteiger partial charge in [-0.1, -0.05) is 0 Å². The van der Waals surface area contributed by atoms with Gasteiger partial charge in [-0.25, -0.2) is 0 Å². The molecule has 10 N–H and O–H groups in total. The van der Waals surface area contributed by atoms with Crippen molar-refractivity contribution in [2.24, 2.45) is 17.2 Å². The number of primary amides is 1. The van der Waals surface area contributed by atoms with Gasteiger partial charge in [0.1, 0.15) is 0 Å². The van der Waals surface area contributed by atoms with Crippen molar-refractivity contribution in [1.82, 2.24) is 16.0 Å². The van der Waals surface area contributed by atoms with Gasteiger partial charge in [0, 0.05) is 58.8 Å².